The van der Waals surface area contributed by atoms with Crippen LogP contribution in [-0.2, 0) is 54.6 Å². The highest BCUT2D eigenvalue weighted by Gasteiger charge is 2.27. The van der Waals surface area contributed by atoms with Crippen molar-refractivity contribution >= 4 is 126 Å². The minimum Gasteiger partial charge on any atom is -0.344 e. The molecule has 0 saturated carbocycles. The van der Waals surface area contributed by atoms with Gasteiger partial charge in [0.2, 0.25) is 0 Å². The Balaban J connectivity index is 0.875. The molecule has 6 amide bonds. The van der Waals surface area contributed by atoms with Gasteiger partial charge in [-0.1, -0.05) is 24.3 Å². The lowest BCUT2D eigenvalue weighted by Gasteiger charge is -2.14. The summed E-state index contributed by atoms with van der Waals surface area (Å²) in [6, 6.07) is 17.5. The molecule has 384 valence electrons. The minimum atomic E-state index is -4.97. The molecule has 27 nitrogen and oxygen atoms in total. The van der Waals surface area contributed by atoms with E-state index in [1.54, 1.807) is 0 Å². The predicted octanol–water partition coefficient (Wildman–Crippen LogP) is 4.97. The van der Waals surface area contributed by atoms with Crippen molar-refractivity contribution in [1.29, 1.82) is 0 Å². The fourth-order valence-electron chi connectivity index (χ4n) is 7.74. The summed E-state index contributed by atoms with van der Waals surface area (Å²) in [5.74, 6) is -3.05. The Hall–Kier alpha value is -8.69. The Morgan fingerprint density at radius 3 is 1.15 bits per heavy atom. The van der Waals surface area contributed by atoms with Gasteiger partial charge in [0.15, 0.2) is 0 Å². The van der Waals surface area contributed by atoms with E-state index in [1.165, 1.54) is 84.2 Å². The molecule has 0 spiro atoms. The van der Waals surface area contributed by atoms with Gasteiger partial charge < -0.3 is 40.4 Å². The monoisotopic (exact) mass is 1090 g/mol. The van der Waals surface area contributed by atoms with Crippen LogP contribution in [0, 0.1) is 0 Å². The molecule has 0 unspecified atom stereocenters. The third-order valence-corrected chi connectivity index (χ3v) is 14.5. The number of aromatic amines is 2. The zero-order valence-electron chi connectivity index (χ0n) is 37.5. The van der Waals surface area contributed by atoms with Crippen LogP contribution >= 0.6 is 0 Å². The van der Waals surface area contributed by atoms with E-state index in [0.717, 1.165) is 48.5 Å². The zero-order valence-corrected chi connectivity index (χ0v) is 40.8. The molecule has 4 heterocycles. The van der Waals surface area contributed by atoms with Gasteiger partial charge in [-0.2, -0.15) is 33.7 Å². The molecule has 0 fully saturated rings. The quantitative estimate of drug-likeness (QED) is 0.0640. The lowest BCUT2D eigenvalue weighted by atomic mass is 10.1. The minimum absolute atomic E-state index is 0.0483. The first-order chi connectivity index (χ1) is 34.6. The second kappa shape index (κ2) is 19.1. The number of amides is 6. The highest BCUT2D eigenvalue weighted by atomic mass is 32.2. The Morgan fingerprint density at radius 1 is 0.432 bits per heavy atom. The summed E-state index contributed by atoms with van der Waals surface area (Å²) in [6.45, 7) is 0. The lowest BCUT2D eigenvalue weighted by Crippen LogP contribution is -2.20. The highest BCUT2D eigenvalue weighted by Crippen LogP contribution is 2.37. The lowest BCUT2D eigenvalue weighted by molar-refractivity contribution is 0.101. The number of fused-ring (bicyclic) bond motifs is 2. The van der Waals surface area contributed by atoms with Gasteiger partial charge in [0.1, 0.15) is 54.0 Å². The number of benzene rings is 4. The van der Waals surface area contributed by atoms with Crippen LogP contribution in [0.1, 0.15) is 42.0 Å². The Labute approximate surface area is 417 Å². The SMILES string of the molecule is Cn1cc(NC(=O)c2ccc(NC(=O)Nc3ccc(C(=O)Nc4cc(C(=O)Nc5ccc(S(=O)(=O)O)c6cccc(S(=O)(=O)O)c56)n(C)c4)[nH]3)[nH]2)cc1C(=O)Nc1ccc(S(=O)(=O)O)c2cccc(S(=O)(=O)O)c12. The first kappa shape index (κ1) is 51.7. The van der Waals surface area contributed by atoms with E-state index in [1.807, 2.05) is 0 Å². The van der Waals surface area contributed by atoms with E-state index >= 15 is 0 Å². The van der Waals surface area contributed by atoms with Gasteiger partial charge in [-0.05, 0) is 72.8 Å². The van der Waals surface area contributed by atoms with E-state index in [-0.39, 0.29) is 67.9 Å². The van der Waals surface area contributed by atoms with E-state index in [4.69, 9.17) is 0 Å². The number of H-pyrrole nitrogens is 2. The molecular formula is C43H36N10O17S4. The van der Waals surface area contributed by atoms with Crippen molar-refractivity contribution in [2.45, 2.75) is 19.6 Å². The third kappa shape index (κ3) is 10.7. The summed E-state index contributed by atoms with van der Waals surface area (Å²) in [7, 11) is -16.8. The number of nitrogens with zero attached hydrogens (tertiary/aromatic N) is 2. The topological polar surface area (TPSA) is 416 Å². The molecular weight excluding hydrogens is 1060 g/mol. The van der Waals surface area contributed by atoms with Crippen LogP contribution in [0.4, 0.5) is 39.2 Å². The van der Waals surface area contributed by atoms with Crippen molar-refractivity contribution in [3.63, 3.8) is 0 Å². The number of aryl methyl sites for hydroxylation is 2. The van der Waals surface area contributed by atoms with Crippen molar-refractivity contribution < 1.29 is 75.9 Å². The van der Waals surface area contributed by atoms with Crippen LogP contribution in [0.3, 0.4) is 0 Å². The predicted molar refractivity (Wildman–Crippen MR) is 264 cm³/mol. The van der Waals surface area contributed by atoms with E-state index in [2.05, 4.69) is 41.9 Å². The molecule has 4 aromatic carbocycles. The molecule has 8 aromatic rings. The number of aromatic nitrogens is 4. The summed E-state index contributed by atoms with van der Waals surface area (Å²) < 4.78 is 139. The largest absolute Gasteiger partial charge is 0.344 e. The van der Waals surface area contributed by atoms with Crippen molar-refractivity contribution in [2.24, 2.45) is 14.1 Å². The van der Waals surface area contributed by atoms with Crippen molar-refractivity contribution in [2.75, 3.05) is 31.9 Å². The maximum absolute atomic E-state index is 13.5. The van der Waals surface area contributed by atoms with Crippen molar-refractivity contribution in [3.05, 3.63) is 132 Å². The van der Waals surface area contributed by atoms with E-state index in [9.17, 15) is 75.9 Å². The normalized spacial score (nSPS) is 12.1. The molecule has 0 saturated heterocycles. The molecule has 0 bridgehead atoms. The number of nitrogens with one attached hydrogen (secondary N) is 8. The van der Waals surface area contributed by atoms with Gasteiger partial charge >= 0.3 is 6.03 Å². The fourth-order valence-corrected chi connectivity index (χ4v) is 10.6. The molecule has 74 heavy (non-hydrogen) atoms. The Bertz CT molecular complexity index is 3910. The summed E-state index contributed by atoms with van der Waals surface area (Å²) in [5, 5.41) is 13.6. The molecule has 8 rings (SSSR count). The van der Waals surface area contributed by atoms with Gasteiger partial charge in [-0.15, -0.1) is 0 Å². The molecule has 0 aliphatic heterocycles. The first-order valence-electron chi connectivity index (χ1n) is 20.6. The molecule has 0 aliphatic carbocycles. The summed E-state index contributed by atoms with van der Waals surface area (Å²) in [5.41, 5.74) is -0.518. The van der Waals surface area contributed by atoms with Crippen LogP contribution in [0.2, 0.25) is 0 Å². The number of carbonyl (C=O) groups is 5. The smallest absolute Gasteiger partial charge is 0.325 e. The molecule has 0 radical (unpaired) electrons. The van der Waals surface area contributed by atoms with Gasteiger partial charge in [-0.3, -0.25) is 48.0 Å². The number of hydrogen-bond acceptors (Lipinski definition) is 13. The van der Waals surface area contributed by atoms with Crippen LogP contribution < -0.4 is 31.9 Å². The van der Waals surface area contributed by atoms with Crippen LogP contribution in [-0.4, -0.2) is 101 Å². The van der Waals surface area contributed by atoms with E-state index in [0.29, 0.717) is 0 Å². The number of carbonyl (C=O) groups excluding carboxylic acids is 5. The van der Waals surface area contributed by atoms with E-state index < -0.39 is 100 Å². The molecule has 31 heteroatoms. The molecule has 0 aliphatic rings. The van der Waals surface area contributed by atoms with Gasteiger partial charge in [0.05, 0.1) is 22.7 Å². The second-order valence-electron chi connectivity index (χ2n) is 15.9. The average Bonchev–Trinajstić information content (AvgIpc) is 4.12. The van der Waals surface area contributed by atoms with Crippen molar-refractivity contribution in [1.82, 2.24) is 19.1 Å². The third-order valence-electron chi connectivity index (χ3n) is 10.9. The summed E-state index contributed by atoms with van der Waals surface area (Å²) in [6.07, 6.45) is 2.73. The first-order valence-corrected chi connectivity index (χ1v) is 26.4. The van der Waals surface area contributed by atoms with Crippen molar-refractivity contribution in [3.8, 4) is 0 Å². The van der Waals surface area contributed by atoms with Crippen LogP contribution in [0.15, 0.2) is 129 Å². The van der Waals surface area contributed by atoms with Crippen LogP contribution in [0.25, 0.3) is 21.5 Å². The number of hydrogen-bond donors (Lipinski definition) is 12. The van der Waals surface area contributed by atoms with Gasteiger partial charge in [0.25, 0.3) is 64.1 Å². The Kier molecular flexibility index (Phi) is 13.3. The maximum Gasteiger partial charge on any atom is 0.325 e. The average molecular weight is 1090 g/mol. The van der Waals surface area contributed by atoms with Gasteiger partial charge in [0, 0.05) is 48.0 Å². The highest BCUT2D eigenvalue weighted by molar-refractivity contribution is 7.87. The van der Waals surface area contributed by atoms with Gasteiger partial charge in [-0.25, -0.2) is 4.79 Å². The number of anilines is 6. The number of urea groups is 1. The standard InChI is InChI=1S/C43H36N10O17S4/c1-52-19-21(17-29(52)41(56)48-25-9-13-31(71(59,60)61)23-5-3-7-33(37(23)25)73(65,66)67)44-39(54)27-11-15-35(46-27)50-43(58)51-36-16-12-28(47-36)40(55)45-22-18-30(53(2)20-22)42(57)49-26-10-14-32(72(62,63)64)24-6-4-8-34(38(24)26)74(68,69)70/h3-20,46-47H,1-2H3,(H,44,54)(H,45,55)(H,48,56)(H,49,57)(H2,50,51,58)(H,59,60,61)(H,62,63,64)(H,65,66,67)(H,68,69,70). The molecule has 0 atom stereocenters. The summed E-state index contributed by atoms with van der Waals surface area (Å²) >= 11 is 0. The fraction of sp³-hybridized carbons (Fsp3) is 0.0465. The van der Waals surface area contributed by atoms with Crippen LogP contribution in [0.5, 0.6) is 0 Å². The molecule has 4 aromatic heterocycles. The second-order valence-corrected chi connectivity index (χ2v) is 21.5. The zero-order chi connectivity index (χ0) is 53.8. The maximum atomic E-state index is 13.5. The Morgan fingerprint density at radius 2 is 0.797 bits per heavy atom. The number of rotatable bonds is 14. The molecule has 12 N–H and O–H groups in total. The summed E-state index contributed by atoms with van der Waals surface area (Å²) in [4.78, 5) is 68.7.